The van der Waals surface area contributed by atoms with Gasteiger partial charge in [-0.05, 0) is 31.4 Å². The molecule has 3 heterocycles. The molecule has 0 fully saturated rings. The number of thiophene rings is 1. The molecule has 0 bridgehead atoms. The van der Waals surface area contributed by atoms with Crippen molar-refractivity contribution in [3.63, 3.8) is 0 Å². The van der Waals surface area contributed by atoms with Gasteiger partial charge in [-0.15, -0.1) is 11.3 Å². The van der Waals surface area contributed by atoms with Crippen molar-refractivity contribution in [2.75, 3.05) is 7.05 Å². The highest BCUT2D eigenvalue weighted by Gasteiger charge is 2.19. The van der Waals surface area contributed by atoms with Crippen molar-refractivity contribution in [1.82, 2.24) is 19.9 Å². The van der Waals surface area contributed by atoms with E-state index in [0.717, 1.165) is 17.8 Å². The molecular formula is C16H18N4OS. The van der Waals surface area contributed by atoms with Crippen molar-refractivity contribution in [2.45, 2.75) is 26.3 Å². The van der Waals surface area contributed by atoms with Crippen LogP contribution in [0.5, 0.6) is 0 Å². The number of imidazole rings is 1. The zero-order chi connectivity index (χ0) is 15.7. The first-order valence-electron chi connectivity index (χ1n) is 7.16. The Morgan fingerprint density at radius 2 is 2.32 bits per heavy atom. The summed E-state index contributed by atoms with van der Waals surface area (Å²) < 4.78 is 0. The molecule has 0 spiro atoms. The van der Waals surface area contributed by atoms with Gasteiger partial charge in [0.05, 0.1) is 11.1 Å². The van der Waals surface area contributed by atoms with Gasteiger partial charge in [-0.3, -0.25) is 4.79 Å². The molecule has 6 heteroatoms. The average Bonchev–Trinajstić information content (AvgIpc) is 3.12. The fourth-order valence-corrected chi connectivity index (χ4v) is 3.22. The molecule has 22 heavy (non-hydrogen) atoms. The van der Waals surface area contributed by atoms with Gasteiger partial charge in [-0.2, -0.15) is 0 Å². The van der Waals surface area contributed by atoms with E-state index in [1.807, 2.05) is 26.1 Å². The molecule has 3 aromatic heterocycles. The maximum Gasteiger partial charge on any atom is 0.255 e. The molecule has 0 radical (unpaired) electrons. The fraction of sp³-hybridized carbons (Fsp3) is 0.312. The number of aromatic amines is 1. The SMILES string of the molecule is Cc1nc2ncc(C(=O)N(C)C(C)Cc3cccs3)cc2[nH]1. The van der Waals surface area contributed by atoms with E-state index in [1.165, 1.54) is 4.88 Å². The standard InChI is InChI=1S/C16H18N4OS/c1-10(7-13-5-4-6-22-13)20(3)16(21)12-8-14-15(17-9-12)19-11(2)18-14/h4-6,8-10H,7H2,1-3H3,(H,17,18,19). The number of H-pyrrole nitrogens is 1. The number of nitrogens with one attached hydrogen (secondary N) is 1. The molecule has 1 N–H and O–H groups in total. The van der Waals surface area contributed by atoms with Crippen LogP contribution in [-0.2, 0) is 6.42 Å². The summed E-state index contributed by atoms with van der Waals surface area (Å²) in [5.74, 6) is 0.775. The molecule has 0 saturated carbocycles. The van der Waals surface area contributed by atoms with E-state index in [1.54, 1.807) is 22.4 Å². The van der Waals surface area contributed by atoms with Crippen LogP contribution in [0.3, 0.4) is 0 Å². The van der Waals surface area contributed by atoms with Crippen molar-refractivity contribution in [2.24, 2.45) is 0 Å². The molecule has 0 saturated heterocycles. The summed E-state index contributed by atoms with van der Waals surface area (Å²) in [5.41, 5.74) is 2.02. The van der Waals surface area contributed by atoms with Crippen LogP contribution in [0.1, 0.15) is 28.0 Å². The van der Waals surface area contributed by atoms with Gasteiger partial charge in [-0.1, -0.05) is 6.07 Å². The molecule has 3 aromatic rings. The molecular weight excluding hydrogens is 296 g/mol. The van der Waals surface area contributed by atoms with Crippen LogP contribution in [0.2, 0.25) is 0 Å². The van der Waals surface area contributed by atoms with Gasteiger partial charge in [0.2, 0.25) is 0 Å². The summed E-state index contributed by atoms with van der Waals surface area (Å²) in [4.78, 5) is 27.3. The van der Waals surface area contributed by atoms with Crippen LogP contribution < -0.4 is 0 Å². The van der Waals surface area contributed by atoms with Crippen LogP contribution >= 0.6 is 11.3 Å². The van der Waals surface area contributed by atoms with Crippen LogP contribution in [0.4, 0.5) is 0 Å². The number of carbonyl (C=O) groups is 1. The summed E-state index contributed by atoms with van der Waals surface area (Å²) in [5, 5.41) is 2.06. The minimum atomic E-state index is -0.0225. The van der Waals surface area contributed by atoms with Crippen molar-refractivity contribution < 1.29 is 4.79 Å². The number of rotatable bonds is 4. The molecule has 0 aliphatic carbocycles. The lowest BCUT2D eigenvalue weighted by molar-refractivity contribution is 0.0743. The van der Waals surface area contributed by atoms with Crippen molar-refractivity contribution >= 4 is 28.4 Å². The third-order valence-corrected chi connectivity index (χ3v) is 4.66. The van der Waals surface area contributed by atoms with Gasteiger partial charge in [0, 0.05) is 30.6 Å². The van der Waals surface area contributed by atoms with E-state index < -0.39 is 0 Å². The maximum atomic E-state index is 12.6. The lowest BCUT2D eigenvalue weighted by Crippen LogP contribution is -2.36. The smallest absolute Gasteiger partial charge is 0.255 e. The normalized spacial score (nSPS) is 12.5. The topological polar surface area (TPSA) is 61.9 Å². The van der Waals surface area contributed by atoms with Crippen LogP contribution in [0.15, 0.2) is 29.8 Å². The Morgan fingerprint density at radius 1 is 1.50 bits per heavy atom. The number of hydrogen-bond acceptors (Lipinski definition) is 4. The summed E-state index contributed by atoms with van der Waals surface area (Å²) in [6.45, 7) is 3.93. The second-order valence-electron chi connectivity index (χ2n) is 5.47. The molecule has 0 aliphatic rings. The second-order valence-corrected chi connectivity index (χ2v) is 6.50. The average molecular weight is 314 g/mol. The fourth-order valence-electron chi connectivity index (χ4n) is 2.40. The number of carbonyl (C=O) groups excluding carboxylic acids is 1. The highest BCUT2D eigenvalue weighted by atomic mass is 32.1. The van der Waals surface area contributed by atoms with E-state index in [2.05, 4.69) is 33.3 Å². The van der Waals surface area contributed by atoms with Gasteiger partial charge in [-0.25, -0.2) is 9.97 Å². The molecule has 114 valence electrons. The van der Waals surface area contributed by atoms with Gasteiger partial charge < -0.3 is 9.88 Å². The number of aryl methyl sites for hydroxylation is 1. The molecule has 5 nitrogen and oxygen atoms in total. The van der Waals surface area contributed by atoms with Crippen molar-refractivity contribution in [3.05, 3.63) is 46.0 Å². The third kappa shape index (κ3) is 2.87. The largest absolute Gasteiger partial charge is 0.341 e. The zero-order valence-electron chi connectivity index (χ0n) is 12.8. The highest BCUT2D eigenvalue weighted by Crippen LogP contribution is 2.16. The Labute approximate surface area is 133 Å². The first kappa shape index (κ1) is 14.7. The summed E-state index contributed by atoms with van der Waals surface area (Å²) >= 11 is 1.72. The van der Waals surface area contributed by atoms with Gasteiger partial charge in [0.25, 0.3) is 5.91 Å². The molecule has 0 aromatic carbocycles. The number of aromatic nitrogens is 3. The highest BCUT2D eigenvalue weighted by molar-refractivity contribution is 7.09. The van der Waals surface area contributed by atoms with E-state index in [9.17, 15) is 4.79 Å². The first-order chi connectivity index (χ1) is 10.5. The molecule has 0 aliphatic heterocycles. The van der Waals surface area contributed by atoms with E-state index in [-0.39, 0.29) is 11.9 Å². The summed E-state index contributed by atoms with van der Waals surface area (Å²) in [6.07, 6.45) is 2.46. The Bertz CT molecular complexity index is 794. The van der Waals surface area contributed by atoms with Crippen molar-refractivity contribution in [1.29, 1.82) is 0 Å². The monoisotopic (exact) mass is 314 g/mol. The number of pyridine rings is 1. The molecule has 3 rings (SSSR count). The summed E-state index contributed by atoms with van der Waals surface area (Å²) in [7, 11) is 1.84. The lowest BCUT2D eigenvalue weighted by Gasteiger charge is -2.24. The second kappa shape index (κ2) is 5.88. The van der Waals surface area contributed by atoms with Crippen LogP contribution in [-0.4, -0.2) is 38.8 Å². The Balaban J connectivity index is 1.78. The van der Waals surface area contributed by atoms with Gasteiger partial charge in [0.1, 0.15) is 5.82 Å². The van der Waals surface area contributed by atoms with E-state index in [4.69, 9.17) is 0 Å². The maximum absolute atomic E-state index is 12.6. The van der Waals surface area contributed by atoms with Crippen molar-refractivity contribution in [3.8, 4) is 0 Å². The number of amides is 1. The minimum absolute atomic E-state index is 0.0225. The molecule has 1 atom stereocenters. The van der Waals surface area contributed by atoms with E-state index >= 15 is 0 Å². The number of likely N-dealkylation sites (N-methyl/N-ethyl adjacent to an activating group) is 1. The Kier molecular flexibility index (Phi) is 3.94. The minimum Gasteiger partial charge on any atom is -0.341 e. The first-order valence-corrected chi connectivity index (χ1v) is 8.04. The Morgan fingerprint density at radius 3 is 3.05 bits per heavy atom. The predicted octanol–water partition coefficient (Wildman–Crippen LogP) is 3.03. The van der Waals surface area contributed by atoms with E-state index in [0.29, 0.717) is 11.2 Å². The quantitative estimate of drug-likeness (QED) is 0.805. The van der Waals surface area contributed by atoms with Crippen LogP contribution in [0, 0.1) is 6.92 Å². The van der Waals surface area contributed by atoms with Gasteiger partial charge >= 0.3 is 0 Å². The number of hydrogen-bond donors (Lipinski definition) is 1. The predicted molar refractivity (Wildman–Crippen MR) is 88.2 cm³/mol. The summed E-state index contributed by atoms with van der Waals surface area (Å²) in [6, 6.07) is 6.08. The third-order valence-electron chi connectivity index (χ3n) is 3.76. The number of fused-ring (bicyclic) bond motifs is 1. The molecule has 1 unspecified atom stereocenters. The van der Waals surface area contributed by atoms with Gasteiger partial charge in [0.15, 0.2) is 5.65 Å². The Hall–Kier alpha value is -2.21. The zero-order valence-corrected chi connectivity index (χ0v) is 13.6. The number of nitrogens with zero attached hydrogens (tertiary/aromatic N) is 3. The lowest BCUT2D eigenvalue weighted by atomic mass is 10.1. The molecule has 1 amide bonds. The van der Waals surface area contributed by atoms with Crippen LogP contribution in [0.25, 0.3) is 11.2 Å².